The Morgan fingerprint density at radius 1 is 1.00 bits per heavy atom. The molecule has 0 saturated heterocycles. The molecule has 1 N–H and O–H groups in total. The Hall–Kier alpha value is -1.71. The summed E-state index contributed by atoms with van der Waals surface area (Å²) in [5.41, 5.74) is 0.716. The highest BCUT2D eigenvalue weighted by Crippen LogP contribution is 2.35. The van der Waals surface area contributed by atoms with Crippen molar-refractivity contribution in [3.63, 3.8) is 0 Å². The fourth-order valence-electron chi connectivity index (χ4n) is 3.06. The fraction of sp³-hybridized carbons (Fsp3) is 0.364. The van der Waals surface area contributed by atoms with Crippen LogP contribution in [-0.2, 0) is 26.2 Å². The monoisotopic (exact) mass is 567 g/mol. The minimum absolute atomic E-state index is 0.00134. The Bertz CT molecular complexity index is 1140. The van der Waals surface area contributed by atoms with Crippen LogP contribution in [0.4, 0.5) is 5.69 Å². The van der Waals surface area contributed by atoms with Gasteiger partial charge in [-0.2, -0.15) is 0 Å². The summed E-state index contributed by atoms with van der Waals surface area (Å²) in [6.45, 7) is 3.39. The molecule has 186 valence electrons. The van der Waals surface area contributed by atoms with Gasteiger partial charge in [-0.25, -0.2) is 8.42 Å². The minimum atomic E-state index is -3.96. The van der Waals surface area contributed by atoms with E-state index in [-0.39, 0.29) is 33.2 Å². The quantitative estimate of drug-likeness (QED) is 0.408. The molecule has 2 rings (SSSR count). The molecule has 2 aromatic carbocycles. The van der Waals surface area contributed by atoms with E-state index in [0.717, 1.165) is 17.0 Å². The lowest BCUT2D eigenvalue weighted by Crippen LogP contribution is -2.51. The van der Waals surface area contributed by atoms with Crippen LogP contribution in [0.25, 0.3) is 0 Å². The van der Waals surface area contributed by atoms with Gasteiger partial charge in [-0.1, -0.05) is 65.5 Å². The summed E-state index contributed by atoms with van der Waals surface area (Å²) in [5, 5.41) is 3.50. The molecule has 1 atom stereocenters. The molecule has 0 aromatic heterocycles. The standard InChI is InChI=1S/C22H25Cl4N3O4S/c1-4-9-27-22(31)14(2)28(12-15-5-7-16(23)8-6-15)21(30)13-29(34(3,32)33)20-11-18(25)17(24)10-19(20)26/h5-8,10-11,14H,4,9,12-13H2,1-3H3,(H,27,31)/t14-/m0/s1. The van der Waals surface area contributed by atoms with Gasteiger partial charge in [-0.05, 0) is 43.2 Å². The zero-order valence-electron chi connectivity index (χ0n) is 18.8. The lowest BCUT2D eigenvalue weighted by molar-refractivity contribution is -0.139. The molecule has 2 amide bonds. The van der Waals surface area contributed by atoms with Gasteiger partial charge in [0.15, 0.2) is 0 Å². The number of hydrogen-bond acceptors (Lipinski definition) is 4. The summed E-state index contributed by atoms with van der Waals surface area (Å²) in [4.78, 5) is 27.4. The summed E-state index contributed by atoms with van der Waals surface area (Å²) in [7, 11) is -3.96. The third-order valence-electron chi connectivity index (χ3n) is 4.92. The summed E-state index contributed by atoms with van der Waals surface area (Å²) in [5.74, 6) is -0.968. The van der Waals surface area contributed by atoms with E-state index in [2.05, 4.69) is 5.32 Å². The normalized spacial score (nSPS) is 12.2. The molecular weight excluding hydrogens is 544 g/mol. The van der Waals surface area contributed by atoms with Crippen molar-refractivity contribution in [2.24, 2.45) is 0 Å². The number of halogens is 4. The Balaban J connectivity index is 2.43. The molecule has 0 aliphatic carbocycles. The molecule has 0 aliphatic heterocycles. The summed E-state index contributed by atoms with van der Waals surface area (Å²) in [6, 6.07) is 8.49. The van der Waals surface area contributed by atoms with Gasteiger partial charge in [-0.3, -0.25) is 13.9 Å². The third kappa shape index (κ3) is 7.65. The summed E-state index contributed by atoms with van der Waals surface area (Å²) < 4.78 is 26.1. The van der Waals surface area contributed by atoms with Crippen molar-refractivity contribution in [2.45, 2.75) is 32.9 Å². The highest BCUT2D eigenvalue weighted by atomic mass is 35.5. The molecule has 34 heavy (non-hydrogen) atoms. The molecule has 0 aliphatic rings. The zero-order chi connectivity index (χ0) is 25.6. The average molecular weight is 569 g/mol. The van der Waals surface area contributed by atoms with E-state index in [1.54, 1.807) is 31.2 Å². The van der Waals surface area contributed by atoms with Gasteiger partial charge in [0.05, 0.1) is 27.0 Å². The third-order valence-corrected chi connectivity index (χ3v) is 7.32. The van der Waals surface area contributed by atoms with Crippen molar-refractivity contribution in [1.29, 1.82) is 0 Å². The van der Waals surface area contributed by atoms with Gasteiger partial charge in [-0.15, -0.1) is 0 Å². The fourth-order valence-corrected chi connectivity index (χ4v) is 4.74. The molecule has 0 fully saturated rings. The first kappa shape index (κ1) is 28.5. The molecule has 0 saturated carbocycles. The van der Waals surface area contributed by atoms with Gasteiger partial charge in [0, 0.05) is 18.1 Å². The SMILES string of the molecule is CCCNC(=O)[C@H](C)N(Cc1ccc(Cl)cc1)C(=O)CN(c1cc(Cl)c(Cl)cc1Cl)S(C)(=O)=O. The number of benzene rings is 2. The highest BCUT2D eigenvalue weighted by Gasteiger charge is 2.31. The van der Waals surface area contributed by atoms with Crippen LogP contribution in [0.5, 0.6) is 0 Å². The van der Waals surface area contributed by atoms with E-state index in [0.29, 0.717) is 17.1 Å². The van der Waals surface area contributed by atoms with E-state index in [9.17, 15) is 18.0 Å². The number of hydrogen-bond donors (Lipinski definition) is 1. The number of nitrogens with one attached hydrogen (secondary N) is 1. The number of rotatable bonds is 10. The van der Waals surface area contributed by atoms with Gasteiger partial charge in [0.25, 0.3) is 0 Å². The van der Waals surface area contributed by atoms with Crippen LogP contribution in [0.3, 0.4) is 0 Å². The average Bonchev–Trinajstić information content (AvgIpc) is 2.76. The van der Waals surface area contributed by atoms with Crippen molar-refractivity contribution in [3.8, 4) is 0 Å². The van der Waals surface area contributed by atoms with Crippen molar-refractivity contribution < 1.29 is 18.0 Å². The van der Waals surface area contributed by atoms with Crippen LogP contribution in [0.15, 0.2) is 36.4 Å². The molecule has 0 radical (unpaired) electrons. The first-order valence-electron chi connectivity index (χ1n) is 10.3. The number of sulfonamides is 1. The van der Waals surface area contributed by atoms with Crippen molar-refractivity contribution in [3.05, 3.63) is 62.1 Å². The van der Waals surface area contributed by atoms with Crippen molar-refractivity contribution >= 4 is 73.9 Å². The molecular formula is C22H25Cl4N3O4S. The minimum Gasteiger partial charge on any atom is -0.354 e. The maximum absolute atomic E-state index is 13.4. The second kappa shape index (κ2) is 12.3. The Kier molecular flexibility index (Phi) is 10.3. The zero-order valence-corrected chi connectivity index (χ0v) is 22.7. The predicted molar refractivity (Wildman–Crippen MR) is 138 cm³/mol. The molecule has 7 nitrogen and oxygen atoms in total. The predicted octanol–water partition coefficient (Wildman–Crippen LogP) is 5.01. The Morgan fingerprint density at radius 3 is 2.15 bits per heavy atom. The van der Waals surface area contributed by atoms with Crippen LogP contribution in [-0.4, -0.2) is 50.5 Å². The van der Waals surface area contributed by atoms with Crippen LogP contribution in [0.1, 0.15) is 25.8 Å². The van der Waals surface area contributed by atoms with Gasteiger partial charge < -0.3 is 10.2 Å². The van der Waals surface area contributed by atoms with E-state index in [1.165, 1.54) is 17.0 Å². The van der Waals surface area contributed by atoms with Crippen LogP contribution in [0.2, 0.25) is 20.1 Å². The van der Waals surface area contributed by atoms with E-state index < -0.39 is 28.5 Å². The van der Waals surface area contributed by atoms with Crippen LogP contribution in [0, 0.1) is 0 Å². The lowest BCUT2D eigenvalue weighted by Gasteiger charge is -2.31. The molecule has 0 spiro atoms. The molecule has 0 bridgehead atoms. The summed E-state index contributed by atoms with van der Waals surface area (Å²) in [6.07, 6.45) is 1.67. The van der Waals surface area contributed by atoms with Crippen LogP contribution >= 0.6 is 46.4 Å². The first-order chi connectivity index (χ1) is 15.8. The molecule has 0 heterocycles. The summed E-state index contributed by atoms with van der Waals surface area (Å²) >= 11 is 24.2. The molecule has 2 aromatic rings. The smallest absolute Gasteiger partial charge is 0.244 e. The van der Waals surface area contributed by atoms with Crippen molar-refractivity contribution in [1.82, 2.24) is 10.2 Å². The Labute approximate surface area is 220 Å². The van der Waals surface area contributed by atoms with Gasteiger partial charge in [0.1, 0.15) is 12.6 Å². The largest absolute Gasteiger partial charge is 0.354 e. The van der Waals surface area contributed by atoms with E-state index in [1.807, 2.05) is 6.92 Å². The highest BCUT2D eigenvalue weighted by molar-refractivity contribution is 7.92. The van der Waals surface area contributed by atoms with Crippen molar-refractivity contribution in [2.75, 3.05) is 23.7 Å². The van der Waals surface area contributed by atoms with Gasteiger partial charge >= 0.3 is 0 Å². The molecule has 0 unspecified atom stereocenters. The van der Waals surface area contributed by atoms with Gasteiger partial charge in [0.2, 0.25) is 21.8 Å². The Morgan fingerprint density at radius 2 is 1.59 bits per heavy atom. The second-order valence-electron chi connectivity index (χ2n) is 7.60. The number of carbonyl (C=O) groups excluding carboxylic acids is 2. The second-order valence-corrected chi connectivity index (χ2v) is 11.2. The van der Waals surface area contributed by atoms with E-state index in [4.69, 9.17) is 46.4 Å². The topological polar surface area (TPSA) is 86.8 Å². The number of amides is 2. The first-order valence-corrected chi connectivity index (χ1v) is 13.6. The number of carbonyl (C=O) groups is 2. The maximum Gasteiger partial charge on any atom is 0.244 e. The molecule has 12 heteroatoms. The lowest BCUT2D eigenvalue weighted by atomic mass is 10.1. The van der Waals surface area contributed by atoms with E-state index >= 15 is 0 Å². The van der Waals surface area contributed by atoms with Crippen LogP contribution < -0.4 is 9.62 Å². The number of nitrogens with zero attached hydrogens (tertiary/aromatic N) is 2. The maximum atomic E-state index is 13.4. The number of anilines is 1.